The lowest BCUT2D eigenvalue weighted by atomic mass is 9.98. The van der Waals surface area contributed by atoms with E-state index in [1.165, 1.54) is 0 Å². The van der Waals surface area contributed by atoms with Crippen LogP contribution < -0.4 is 4.74 Å². The number of nitrogens with zero attached hydrogens (tertiary/aromatic N) is 1. The fourth-order valence-corrected chi connectivity index (χ4v) is 2.72. The number of carbonyl (C=O) groups excluding carboxylic acids is 1. The van der Waals surface area contributed by atoms with Crippen molar-refractivity contribution in [3.05, 3.63) is 68.7 Å². The lowest BCUT2D eigenvalue weighted by molar-refractivity contribution is -0.137. The Labute approximate surface area is 162 Å². The van der Waals surface area contributed by atoms with Crippen molar-refractivity contribution in [1.29, 1.82) is 5.26 Å². The standard InChI is InChI=1S/C21H20BrNO3/c1-4-25-21(24)17(12-23)11-16-9-14(2)10-18(15(16)3)13-26-20-7-5-19(22)6-8-20/h5-11H,4,13H2,1-3H3. The Kier molecular flexibility index (Phi) is 6.99. The number of rotatable bonds is 6. The molecule has 2 aromatic rings. The van der Waals surface area contributed by atoms with E-state index in [2.05, 4.69) is 15.9 Å². The molecular formula is C21H20BrNO3. The van der Waals surface area contributed by atoms with Gasteiger partial charge in [-0.05, 0) is 67.8 Å². The van der Waals surface area contributed by atoms with Crippen molar-refractivity contribution in [1.82, 2.24) is 0 Å². The number of hydrogen-bond donors (Lipinski definition) is 0. The predicted octanol–water partition coefficient (Wildman–Crippen LogP) is 5.12. The average Bonchev–Trinajstić information content (AvgIpc) is 2.62. The number of carbonyl (C=O) groups is 1. The molecule has 0 saturated carbocycles. The van der Waals surface area contributed by atoms with Crippen molar-refractivity contribution in [2.24, 2.45) is 0 Å². The van der Waals surface area contributed by atoms with Gasteiger partial charge in [-0.2, -0.15) is 5.26 Å². The molecule has 0 amide bonds. The van der Waals surface area contributed by atoms with E-state index in [9.17, 15) is 10.1 Å². The summed E-state index contributed by atoms with van der Waals surface area (Å²) in [5, 5.41) is 9.24. The summed E-state index contributed by atoms with van der Waals surface area (Å²) in [5.74, 6) is 0.166. The minimum Gasteiger partial charge on any atom is -0.489 e. The highest BCUT2D eigenvalue weighted by atomic mass is 79.9. The highest BCUT2D eigenvalue weighted by Crippen LogP contribution is 2.23. The number of aryl methyl sites for hydroxylation is 1. The van der Waals surface area contributed by atoms with E-state index in [4.69, 9.17) is 9.47 Å². The van der Waals surface area contributed by atoms with Crippen molar-refractivity contribution in [2.45, 2.75) is 27.4 Å². The molecule has 0 radical (unpaired) electrons. The molecule has 0 bridgehead atoms. The molecule has 5 heteroatoms. The number of benzene rings is 2. The van der Waals surface area contributed by atoms with Crippen LogP contribution in [0.15, 0.2) is 46.4 Å². The van der Waals surface area contributed by atoms with Crippen LogP contribution >= 0.6 is 15.9 Å². The van der Waals surface area contributed by atoms with Gasteiger partial charge in [-0.1, -0.05) is 33.6 Å². The Morgan fingerprint density at radius 3 is 2.54 bits per heavy atom. The molecule has 0 fully saturated rings. The van der Waals surface area contributed by atoms with Gasteiger partial charge in [-0.25, -0.2) is 4.79 Å². The maximum atomic E-state index is 11.9. The molecule has 0 heterocycles. The SMILES string of the molecule is CCOC(=O)C(C#N)=Cc1cc(C)cc(COc2ccc(Br)cc2)c1C. The first kappa shape index (κ1) is 19.7. The summed E-state index contributed by atoms with van der Waals surface area (Å²) in [6, 6.07) is 13.5. The minimum atomic E-state index is -0.608. The summed E-state index contributed by atoms with van der Waals surface area (Å²) in [6.07, 6.45) is 1.57. The summed E-state index contributed by atoms with van der Waals surface area (Å²) >= 11 is 3.40. The molecule has 0 aliphatic carbocycles. The number of halogens is 1. The topological polar surface area (TPSA) is 59.3 Å². The van der Waals surface area contributed by atoms with Crippen LogP contribution in [0.1, 0.15) is 29.2 Å². The quantitative estimate of drug-likeness (QED) is 0.374. The normalized spacial score (nSPS) is 11.0. The highest BCUT2D eigenvalue weighted by molar-refractivity contribution is 9.10. The predicted molar refractivity (Wildman–Crippen MR) is 105 cm³/mol. The summed E-state index contributed by atoms with van der Waals surface area (Å²) in [6.45, 7) is 6.26. The van der Waals surface area contributed by atoms with Gasteiger partial charge in [-0.15, -0.1) is 0 Å². The zero-order chi connectivity index (χ0) is 19.1. The molecule has 0 atom stereocenters. The van der Waals surface area contributed by atoms with E-state index in [-0.39, 0.29) is 12.2 Å². The second-order valence-electron chi connectivity index (χ2n) is 5.77. The van der Waals surface area contributed by atoms with E-state index in [0.717, 1.165) is 32.5 Å². The van der Waals surface area contributed by atoms with Crippen LogP contribution in [0.2, 0.25) is 0 Å². The van der Waals surface area contributed by atoms with Gasteiger partial charge in [0.1, 0.15) is 24.0 Å². The molecule has 0 aliphatic heterocycles. The second-order valence-corrected chi connectivity index (χ2v) is 6.69. The molecular weight excluding hydrogens is 394 g/mol. The van der Waals surface area contributed by atoms with E-state index in [1.54, 1.807) is 13.0 Å². The maximum Gasteiger partial charge on any atom is 0.348 e. The molecule has 0 N–H and O–H groups in total. The molecule has 0 aromatic heterocycles. The van der Waals surface area contributed by atoms with Gasteiger partial charge in [-0.3, -0.25) is 0 Å². The third-order valence-corrected chi connectivity index (χ3v) is 4.35. The molecule has 0 unspecified atom stereocenters. The minimum absolute atomic E-state index is 0.0136. The van der Waals surface area contributed by atoms with Crippen LogP contribution in [0.4, 0.5) is 0 Å². The molecule has 2 aromatic carbocycles. The van der Waals surface area contributed by atoms with Gasteiger partial charge < -0.3 is 9.47 Å². The van der Waals surface area contributed by atoms with Crippen LogP contribution in [0.5, 0.6) is 5.75 Å². The lowest BCUT2D eigenvalue weighted by Crippen LogP contribution is -2.06. The third kappa shape index (κ3) is 5.21. The molecule has 0 spiro atoms. The Morgan fingerprint density at radius 2 is 1.92 bits per heavy atom. The molecule has 2 rings (SSSR count). The summed E-state index contributed by atoms with van der Waals surface area (Å²) in [7, 11) is 0. The van der Waals surface area contributed by atoms with Crippen molar-refractivity contribution in [3.8, 4) is 11.8 Å². The van der Waals surface area contributed by atoms with Crippen LogP contribution in [0.3, 0.4) is 0 Å². The van der Waals surface area contributed by atoms with E-state index >= 15 is 0 Å². The van der Waals surface area contributed by atoms with E-state index in [1.807, 2.05) is 56.3 Å². The highest BCUT2D eigenvalue weighted by Gasteiger charge is 2.12. The van der Waals surface area contributed by atoms with Gasteiger partial charge in [0, 0.05) is 4.47 Å². The van der Waals surface area contributed by atoms with Gasteiger partial charge in [0.25, 0.3) is 0 Å². The van der Waals surface area contributed by atoms with Gasteiger partial charge in [0.2, 0.25) is 0 Å². The van der Waals surface area contributed by atoms with Gasteiger partial charge in [0.05, 0.1) is 6.61 Å². The molecule has 26 heavy (non-hydrogen) atoms. The fraction of sp³-hybridized carbons (Fsp3) is 0.238. The summed E-state index contributed by atoms with van der Waals surface area (Å²) in [4.78, 5) is 11.9. The zero-order valence-electron chi connectivity index (χ0n) is 15.0. The Balaban J connectivity index is 2.28. The summed E-state index contributed by atoms with van der Waals surface area (Å²) in [5.41, 5.74) is 3.78. The molecule has 0 aliphatic rings. The first-order valence-corrected chi connectivity index (χ1v) is 9.01. The second kappa shape index (κ2) is 9.21. The lowest BCUT2D eigenvalue weighted by Gasteiger charge is -2.13. The third-order valence-electron chi connectivity index (χ3n) is 3.82. The first-order chi connectivity index (χ1) is 12.4. The largest absolute Gasteiger partial charge is 0.489 e. The number of esters is 1. The Bertz CT molecular complexity index is 864. The first-order valence-electron chi connectivity index (χ1n) is 8.22. The van der Waals surface area contributed by atoms with E-state index < -0.39 is 5.97 Å². The van der Waals surface area contributed by atoms with Crippen LogP contribution in [0.25, 0.3) is 6.08 Å². The monoisotopic (exact) mass is 413 g/mol. The summed E-state index contributed by atoms with van der Waals surface area (Å²) < 4.78 is 11.8. The van der Waals surface area contributed by atoms with Crippen LogP contribution in [-0.2, 0) is 16.1 Å². The van der Waals surface area contributed by atoms with Crippen molar-refractivity contribution < 1.29 is 14.3 Å². The van der Waals surface area contributed by atoms with Crippen molar-refractivity contribution in [3.63, 3.8) is 0 Å². The molecule has 134 valence electrons. The molecule has 0 saturated heterocycles. The number of ether oxygens (including phenoxy) is 2. The number of nitriles is 1. The van der Waals surface area contributed by atoms with Crippen molar-refractivity contribution in [2.75, 3.05) is 6.61 Å². The Hall–Kier alpha value is -2.58. The molecule has 4 nitrogen and oxygen atoms in total. The maximum absolute atomic E-state index is 11.9. The Morgan fingerprint density at radius 1 is 1.23 bits per heavy atom. The van der Waals surface area contributed by atoms with Gasteiger partial charge >= 0.3 is 5.97 Å². The van der Waals surface area contributed by atoms with Crippen molar-refractivity contribution >= 4 is 28.0 Å². The van der Waals surface area contributed by atoms with Crippen LogP contribution in [-0.4, -0.2) is 12.6 Å². The zero-order valence-corrected chi connectivity index (χ0v) is 16.6. The van der Waals surface area contributed by atoms with E-state index in [0.29, 0.717) is 6.61 Å². The average molecular weight is 414 g/mol. The smallest absolute Gasteiger partial charge is 0.348 e. The number of hydrogen-bond acceptors (Lipinski definition) is 4. The van der Waals surface area contributed by atoms with Gasteiger partial charge in [0.15, 0.2) is 0 Å². The fourth-order valence-electron chi connectivity index (χ4n) is 2.46. The van der Waals surface area contributed by atoms with Crippen LogP contribution in [0, 0.1) is 25.2 Å².